The Morgan fingerprint density at radius 2 is 1.70 bits per heavy atom. The van der Waals surface area contributed by atoms with Crippen LogP contribution in [0, 0.1) is 0 Å². The van der Waals surface area contributed by atoms with Gasteiger partial charge in [-0.2, -0.15) is 0 Å². The standard InChI is InChI=1S/C24H30O9/c1-13(25)23-21(28)20(27)22(29)24(33-23)32-19-11-16(12-31-14(2)26)4-7-17(19)10-15-5-8-18(30-3)9-6-15/h4-9,11,13,20-25,27-29H,10,12H2,1-3H3/t13-,20+,21+,22-,23-,24-/m1/s1. The van der Waals surface area contributed by atoms with Crippen molar-refractivity contribution in [2.75, 3.05) is 7.11 Å². The van der Waals surface area contributed by atoms with Gasteiger partial charge in [0.25, 0.3) is 0 Å². The number of aliphatic hydroxyl groups excluding tert-OH is 4. The topological polar surface area (TPSA) is 135 Å². The maximum Gasteiger partial charge on any atom is 0.302 e. The average Bonchev–Trinajstić information content (AvgIpc) is 2.79. The molecule has 1 heterocycles. The minimum absolute atomic E-state index is 0.0280. The van der Waals surface area contributed by atoms with Crippen LogP contribution in [0.4, 0.5) is 0 Å². The summed E-state index contributed by atoms with van der Waals surface area (Å²) < 4.78 is 21.8. The van der Waals surface area contributed by atoms with Gasteiger partial charge in [-0.15, -0.1) is 0 Å². The van der Waals surface area contributed by atoms with Crippen molar-refractivity contribution in [1.82, 2.24) is 0 Å². The fourth-order valence-corrected chi connectivity index (χ4v) is 3.59. The summed E-state index contributed by atoms with van der Waals surface area (Å²) in [5, 5.41) is 40.7. The highest BCUT2D eigenvalue weighted by Crippen LogP contribution is 2.30. The van der Waals surface area contributed by atoms with Gasteiger partial charge in [-0.05, 0) is 41.8 Å². The molecular formula is C24H30O9. The van der Waals surface area contributed by atoms with Crippen molar-refractivity contribution in [2.45, 2.75) is 63.7 Å². The van der Waals surface area contributed by atoms with Crippen LogP contribution in [0.2, 0.25) is 0 Å². The second-order valence-electron chi connectivity index (χ2n) is 8.05. The molecule has 2 aromatic carbocycles. The van der Waals surface area contributed by atoms with Gasteiger partial charge in [0.2, 0.25) is 6.29 Å². The Hall–Kier alpha value is -2.69. The first kappa shape index (κ1) is 24.9. The minimum Gasteiger partial charge on any atom is -0.497 e. The molecular weight excluding hydrogens is 432 g/mol. The largest absolute Gasteiger partial charge is 0.497 e. The predicted octanol–water partition coefficient (Wildman–Crippen LogP) is 0.916. The summed E-state index contributed by atoms with van der Waals surface area (Å²) in [5.41, 5.74) is 2.37. The summed E-state index contributed by atoms with van der Waals surface area (Å²) in [4.78, 5) is 11.2. The van der Waals surface area contributed by atoms with Crippen LogP contribution in [0.1, 0.15) is 30.5 Å². The zero-order valence-corrected chi connectivity index (χ0v) is 18.7. The first-order valence-corrected chi connectivity index (χ1v) is 10.6. The molecule has 0 unspecified atom stereocenters. The fourth-order valence-electron chi connectivity index (χ4n) is 3.59. The summed E-state index contributed by atoms with van der Waals surface area (Å²) in [7, 11) is 1.59. The highest BCUT2D eigenvalue weighted by Gasteiger charge is 2.46. The van der Waals surface area contributed by atoms with E-state index < -0.39 is 42.8 Å². The third-order valence-corrected chi connectivity index (χ3v) is 5.45. The van der Waals surface area contributed by atoms with Crippen LogP contribution in [-0.4, -0.2) is 70.3 Å². The van der Waals surface area contributed by atoms with E-state index in [4.69, 9.17) is 18.9 Å². The first-order valence-electron chi connectivity index (χ1n) is 10.6. The van der Waals surface area contributed by atoms with Gasteiger partial charge >= 0.3 is 5.97 Å². The van der Waals surface area contributed by atoms with E-state index in [1.807, 2.05) is 30.3 Å². The SMILES string of the molecule is COc1ccc(Cc2ccc(COC(C)=O)cc2O[C@@H]2O[C@H]([C@@H](C)O)[C@@H](O)[C@H](O)[C@H]2O)cc1. The van der Waals surface area contributed by atoms with E-state index in [1.165, 1.54) is 13.8 Å². The number of hydrogen-bond acceptors (Lipinski definition) is 9. The van der Waals surface area contributed by atoms with Crippen LogP contribution in [0.25, 0.3) is 0 Å². The molecule has 6 atom stereocenters. The Kier molecular flexibility index (Phi) is 8.28. The molecule has 0 aromatic heterocycles. The number of carbonyl (C=O) groups is 1. The van der Waals surface area contributed by atoms with Crippen LogP contribution in [0.15, 0.2) is 42.5 Å². The molecule has 33 heavy (non-hydrogen) atoms. The normalized spacial score (nSPS) is 25.8. The molecule has 3 rings (SSSR count). The summed E-state index contributed by atoms with van der Waals surface area (Å²) in [6.45, 7) is 2.75. The predicted molar refractivity (Wildman–Crippen MR) is 117 cm³/mol. The lowest BCUT2D eigenvalue weighted by Gasteiger charge is -2.41. The molecule has 4 N–H and O–H groups in total. The average molecular weight is 462 g/mol. The number of ether oxygens (including phenoxy) is 4. The Morgan fingerprint density at radius 1 is 1.03 bits per heavy atom. The Balaban J connectivity index is 1.88. The summed E-state index contributed by atoms with van der Waals surface area (Å²) in [5.74, 6) is 0.637. The Morgan fingerprint density at radius 3 is 2.30 bits per heavy atom. The van der Waals surface area contributed by atoms with Crippen molar-refractivity contribution in [3.63, 3.8) is 0 Å². The van der Waals surface area contributed by atoms with E-state index in [9.17, 15) is 25.2 Å². The molecule has 2 aromatic rings. The molecule has 0 aliphatic carbocycles. The summed E-state index contributed by atoms with van der Waals surface area (Å²) in [6.07, 6.45) is -7.74. The van der Waals surface area contributed by atoms with E-state index in [2.05, 4.69) is 0 Å². The van der Waals surface area contributed by atoms with Crippen molar-refractivity contribution in [1.29, 1.82) is 0 Å². The molecule has 1 aliphatic heterocycles. The van der Waals surface area contributed by atoms with Gasteiger partial charge in [-0.3, -0.25) is 4.79 Å². The molecule has 0 bridgehead atoms. The van der Waals surface area contributed by atoms with Gasteiger partial charge in [-0.1, -0.05) is 24.3 Å². The van der Waals surface area contributed by atoms with Crippen LogP contribution in [0.5, 0.6) is 11.5 Å². The number of hydrogen-bond donors (Lipinski definition) is 4. The van der Waals surface area contributed by atoms with Crippen molar-refractivity contribution < 1.29 is 44.2 Å². The number of benzene rings is 2. The zero-order valence-electron chi connectivity index (χ0n) is 18.7. The minimum atomic E-state index is -1.57. The first-order chi connectivity index (χ1) is 15.7. The second kappa shape index (κ2) is 11.0. The molecule has 0 spiro atoms. The van der Waals surface area contributed by atoms with Crippen LogP contribution in [-0.2, 0) is 27.3 Å². The molecule has 0 saturated carbocycles. The molecule has 180 valence electrons. The van der Waals surface area contributed by atoms with E-state index in [-0.39, 0.29) is 6.61 Å². The molecule has 9 heteroatoms. The van der Waals surface area contributed by atoms with Gasteiger partial charge in [0, 0.05) is 13.3 Å². The lowest BCUT2D eigenvalue weighted by atomic mass is 9.96. The van der Waals surface area contributed by atoms with E-state index >= 15 is 0 Å². The van der Waals surface area contributed by atoms with Gasteiger partial charge < -0.3 is 39.4 Å². The van der Waals surface area contributed by atoms with Crippen LogP contribution in [0.3, 0.4) is 0 Å². The van der Waals surface area contributed by atoms with Crippen LogP contribution < -0.4 is 9.47 Å². The summed E-state index contributed by atoms with van der Waals surface area (Å²) in [6, 6.07) is 12.8. The molecule has 0 amide bonds. The molecule has 1 saturated heterocycles. The van der Waals surface area contributed by atoms with Gasteiger partial charge in [0.15, 0.2) is 0 Å². The van der Waals surface area contributed by atoms with Crippen molar-refractivity contribution in [2.24, 2.45) is 0 Å². The molecule has 0 radical (unpaired) electrons. The second-order valence-corrected chi connectivity index (χ2v) is 8.05. The number of esters is 1. The number of rotatable bonds is 8. The highest BCUT2D eigenvalue weighted by molar-refractivity contribution is 5.66. The lowest BCUT2D eigenvalue weighted by molar-refractivity contribution is -0.286. The van der Waals surface area contributed by atoms with E-state index in [1.54, 1.807) is 19.2 Å². The van der Waals surface area contributed by atoms with Gasteiger partial charge in [0.1, 0.15) is 42.5 Å². The maximum absolute atomic E-state index is 11.2. The molecule has 9 nitrogen and oxygen atoms in total. The van der Waals surface area contributed by atoms with Crippen LogP contribution >= 0.6 is 0 Å². The van der Waals surface area contributed by atoms with Gasteiger partial charge in [0.05, 0.1) is 13.2 Å². The Bertz CT molecular complexity index is 928. The van der Waals surface area contributed by atoms with Crippen molar-refractivity contribution in [3.8, 4) is 11.5 Å². The number of aliphatic hydroxyl groups is 4. The van der Waals surface area contributed by atoms with Gasteiger partial charge in [-0.25, -0.2) is 0 Å². The lowest BCUT2D eigenvalue weighted by Crippen LogP contribution is -2.61. The molecule has 1 aliphatic rings. The van der Waals surface area contributed by atoms with Crippen molar-refractivity contribution >= 4 is 5.97 Å². The zero-order chi connectivity index (χ0) is 24.1. The number of carbonyl (C=O) groups excluding carboxylic acids is 1. The monoisotopic (exact) mass is 462 g/mol. The van der Waals surface area contributed by atoms with Crippen molar-refractivity contribution in [3.05, 3.63) is 59.2 Å². The van der Waals surface area contributed by atoms with E-state index in [0.29, 0.717) is 17.7 Å². The van der Waals surface area contributed by atoms with E-state index in [0.717, 1.165) is 16.9 Å². The highest BCUT2D eigenvalue weighted by atomic mass is 16.7. The third-order valence-electron chi connectivity index (χ3n) is 5.45. The number of methoxy groups -OCH3 is 1. The summed E-state index contributed by atoms with van der Waals surface area (Å²) >= 11 is 0. The maximum atomic E-state index is 11.2. The Labute approximate surface area is 192 Å². The fraction of sp³-hybridized carbons (Fsp3) is 0.458. The molecule has 1 fully saturated rings. The third kappa shape index (κ3) is 6.21. The quantitative estimate of drug-likeness (QED) is 0.422. The smallest absolute Gasteiger partial charge is 0.302 e.